The highest BCUT2D eigenvalue weighted by Crippen LogP contribution is 2.31. The zero-order chi connectivity index (χ0) is 14.1. The molecular weight excluding hydrogens is 256 g/mol. The molecule has 0 aliphatic carbocycles. The van der Waals surface area contributed by atoms with Gasteiger partial charge in [-0.25, -0.2) is 4.98 Å². The molecule has 1 unspecified atom stereocenters. The summed E-state index contributed by atoms with van der Waals surface area (Å²) in [6.07, 6.45) is 3.28. The molecule has 2 aromatic rings. The van der Waals surface area contributed by atoms with Crippen LogP contribution in [0, 0.1) is 5.92 Å². The SMILES string of the molecule is Nc1cc2c(=O)[nH]cnc2cc1N1CCC(CCO)C1. The molecule has 1 aliphatic rings. The number of hydrogen-bond donors (Lipinski definition) is 3. The van der Waals surface area contributed by atoms with Gasteiger partial charge in [0.05, 0.1) is 28.6 Å². The molecule has 1 saturated heterocycles. The highest BCUT2D eigenvalue weighted by molar-refractivity contribution is 5.88. The Morgan fingerprint density at radius 2 is 2.35 bits per heavy atom. The standard InChI is InChI=1S/C14H18N4O2/c15-11-5-10-12(16-8-17-14(10)20)6-13(11)18-3-1-9(7-18)2-4-19/h5-6,8-9,19H,1-4,7,15H2,(H,16,17,20). The summed E-state index contributed by atoms with van der Waals surface area (Å²) in [6.45, 7) is 2.03. The summed E-state index contributed by atoms with van der Waals surface area (Å²) in [5, 5.41) is 9.53. The maximum absolute atomic E-state index is 11.7. The van der Waals surface area contributed by atoms with E-state index in [1.165, 1.54) is 6.33 Å². The number of fused-ring (bicyclic) bond motifs is 1. The summed E-state index contributed by atoms with van der Waals surface area (Å²) in [6, 6.07) is 3.57. The van der Waals surface area contributed by atoms with Crippen LogP contribution < -0.4 is 16.2 Å². The van der Waals surface area contributed by atoms with Gasteiger partial charge in [-0.3, -0.25) is 4.79 Å². The van der Waals surface area contributed by atoms with Crippen LogP contribution in [0.1, 0.15) is 12.8 Å². The van der Waals surface area contributed by atoms with Gasteiger partial charge in [-0.1, -0.05) is 0 Å². The van der Waals surface area contributed by atoms with Crippen LogP contribution in [0.2, 0.25) is 0 Å². The van der Waals surface area contributed by atoms with Crippen LogP contribution in [0.3, 0.4) is 0 Å². The number of hydrogen-bond acceptors (Lipinski definition) is 5. The number of aromatic amines is 1. The minimum atomic E-state index is -0.173. The molecule has 6 nitrogen and oxygen atoms in total. The number of anilines is 2. The van der Waals surface area contributed by atoms with E-state index in [4.69, 9.17) is 10.8 Å². The van der Waals surface area contributed by atoms with Gasteiger partial charge in [-0.2, -0.15) is 0 Å². The Balaban J connectivity index is 1.96. The van der Waals surface area contributed by atoms with Crippen LogP contribution >= 0.6 is 0 Å². The van der Waals surface area contributed by atoms with E-state index in [0.29, 0.717) is 22.5 Å². The lowest BCUT2D eigenvalue weighted by Crippen LogP contribution is -2.21. The summed E-state index contributed by atoms with van der Waals surface area (Å²) >= 11 is 0. The van der Waals surface area contributed by atoms with Crippen molar-refractivity contribution < 1.29 is 5.11 Å². The Labute approximate surface area is 116 Å². The maximum Gasteiger partial charge on any atom is 0.258 e. The van der Waals surface area contributed by atoms with Gasteiger partial charge in [0, 0.05) is 19.7 Å². The first-order valence-corrected chi connectivity index (χ1v) is 6.82. The van der Waals surface area contributed by atoms with Crippen molar-refractivity contribution >= 4 is 22.3 Å². The predicted octanol–water partition coefficient (Wildman–Crippen LogP) is 0.714. The van der Waals surface area contributed by atoms with E-state index in [0.717, 1.165) is 31.6 Å². The van der Waals surface area contributed by atoms with Crippen molar-refractivity contribution in [1.29, 1.82) is 0 Å². The third kappa shape index (κ3) is 2.22. The summed E-state index contributed by atoms with van der Waals surface area (Å²) in [4.78, 5) is 20.7. The first kappa shape index (κ1) is 12.9. The quantitative estimate of drug-likeness (QED) is 0.717. The molecule has 1 fully saturated rings. The average molecular weight is 274 g/mol. The molecule has 2 heterocycles. The highest BCUT2D eigenvalue weighted by atomic mass is 16.3. The van der Waals surface area contributed by atoms with Gasteiger partial charge in [0.2, 0.25) is 0 Å². The first-order chi connectivity index (χ1) is 9.69. The van der Waals surface area contributed by atoms with Crippen LogP contribution in [-0.4, -0.2) is 34.8 Å². The van der Waals surface area contributed by atoms with Crippen molar-refractivity contribution in [3.8, 4) is 0 Å². The Morgan fingerprint density at radius 1 is 1.50 bits per heavy atom. The lowest BCUT2D eigenvalue weighted by atomic mass is 10.1. The largest absolute Gasteiger partial charge is 0.397 e. The van der Waals surface area contributed by atoms with E-state index in [1.54, 1.807) is 6.07 Å². The van der Waals surface area contributed by atoms with Gasteiger partial charge in [0.15, 0.2) is 0 Å². The number of benzene rings is 1. The van der Waals surface area contributed by atoms with Crippen molar-refractivity contribution in [2.45, 2.75) is 12.8 Å². The number of aromatic nitrogens is 2. The number of aliphatic hydroxyl groups is 1. The van der Waals surface area contributed by atoms with Crippen molar-refractivity contribution in [3.63, 3.8) is 0 Å². The molecule has 1 aromatic carbocycles. The van der Waals surface area contributed by atoms with Crippen LogP contribution in [-0.2, 0) is 0 Å². The van der Waals surface area contributed by atoms with Crippen LogP contribution in [0.25, 0.3) is 10.9 Å². The summed E-state index contributed by atoms with van der Waals surface area (Å²) in [5.41, 5.74) is 8.09. The normalized spacial score (nSPS) is 18.9. The number of nitrogen functional groups attached to an aromatic ring is 1. The van der Waals surface area contributed by atoms with Gasteiger partial charge >= 0.3 is 0 Å². The van der Waals surface area contributed by atoms with Gasteiger partial charge in [0.1, 0.15) is 0 Å². The Kier molecular flexibility index (Phi) is 3.31. The Bertz CT molecular complexity index is 682. The van der Waals surface area contributed by atoms with Crippen molar-refractivity contribution in [2.24, 2.45) is 5.92 Å². The second-order valence-corrected chi connectivity index (χ2v) is 5.27. The molecule has 106 valence electrons. The third-order valence-electron chi connectivity index (χ3n) is 3.95. The number of rotatable bonds is 3. The van der Waals surface area contributed by atoms with Crippen LogP contribution in [0.5, 0.6) is 0 Å². The summed E-state index contributed by atoms with van der Waals surface area (Å²) in [5.74, 6) is 0.502. The number of aliphatic hydroxyl groups excluding tert-OH is 1. The predicted molar refractivity (Wildman–Crippen MR) is 78.8 cm³/mol. The molecule has 20 heavy (non-hydrogen) atoms. The van der Waals surface area contributed by atoms with Crippen LogP contribution in [0.4, 0.5) is 11.4 Å². The fourth-order valence-corrected chi connectivity index (χ4v) is 2.86. The molecule has 4 N–H and O–H groups in total. The molecule has 0 radical (unpaired) electrons. The Morgan fingerprint density at radius 3 is 3.15 bits per heavy atom. The molecule has 0 bridgehead atoms. The molecular formula is C14H18N4O2. The number of nitrogens with two attached hydrogens (primary N) is 1. The van der Waals surface area contributed by atoms with E-state index in [2.05, 4.69) is 14.9 Å². The number of nitrogens with one attached hydrogen (secondary N) is 1. The molecule has 0 amide bonds. The monoisotopic (exact) mass is 274 g/mol. The second kappa shape index (κ2) is 5.13. The maximum atomic E-state index is 11.7. The van der Waals surface area contributed by atoms with Gasteiger partial charge in [-0.05, 0) is 30.9 Å². The second-order valence-electron chi connectivity index (χ2n) is 5.27. The molecule has 1 aromatic heterocycles. The molecule has 3 rings (SSSR count). The average Bonchev–Trinajstić information content (AvgIpc) is 2.88. The van der Waals surface area contributed by atoms with Crippen molar-refractivity contribution in [1.82, 2.24) is 9.97 Å². The number of nitrogens with zero attached hydrogens (tertiary/aromatic N) is 2. The van der Waals surface area contributed by atoms with E-state index < -0.39 is 0 Å². The highest BCUT2D eigenvalue weighted by Gasteiger charge is 2.24. The fourth-order valence-electron chi connectivity index (χ4n) is 2.86. The lowest BCUT2D eigenvalue weighted by Gasteiger charge is -2.21. The molecule has 0 spiro atoms. The van der Waals surface area contributed by atoms with Crippen molar-refractivity contribution in [2.75, 3.05) is 30.3 Å². The smallest absolute Gasteiger partial charge is 0.258 e. The molecule has 1 aliphatic heterocycles. The lowest BCUT2D eigenvalue weighted by molar-refractivity contribution is 0.263. The zero-order valence-corrected chi connectivity index (χ0v) is 11.2. The molecule has 1 atom stereocenters. The van der Waals surface area contributed by atoms with E-state index >= 15 is 0 Å². The molecule has 6 heteroatoms. The minimum absolute atomic E-state index is 0.173. The van der Waals surface area contributed by atoms with Gasteiger partial charge in [-0.15, -0.1) is 0 Å². The fraction of sp³-hybridized carbons (Fsp3) is 0.429. The Hall–Kier alpha value is -2.08. The van der Waals surface area contributed by atoms with Gasteiger partial charge < -0.3 is 20.7 Å². The zero-order valence-electron chi connectivity index (χ0n) is 11.2. The summed E-state index contributed by atoms with van der Waals surface area (Å²) in [7, 11) is 0. The van der Waals surface area contributed by atoms with E-state index in [-0.39, 0.29) is 12.2 Å². The van der Waals surface area contributed by atoms with E-state index in [1.807, 2.05) is 6.07 Å². The van der Waals surface area contributed by atoms with Gasteiger partial charge in [0.25, 0.3) is 5.56 Å². The topological polar surface area (TPSA) is 95.2 Å². The minimum Gasteiger partial charge on any atom is -0.397 e. The van der Waals surface area contributed by atoms with Crippen LogP contribution in [0.15, 0.2) is 23.3 Å². The summed E-state index contributed by atoms with van der Waals surface area (Å²) < 4.78 is 0. The number of H-pyrrole nitrogens is 1. The van der Waals surface area contributed by atoms with Crippen molar-refractivity contribution in [3.05, 3.63) is 28.8 Å². The third-order valence-corrected chi connectivity index (χ3v) is 3.95. The first-order valence-electron chi connectivity index (χ1n) is 6.82. The molecule has 0 saturated carbocycles. The van der Waals surface area contributed by atoms with E-state index in [9.17, 15) is 4.79 Å².